The van der Waals surface area contributed by atoms with Crippen LogP contribution in [0.5, 0.6) is 0 Å². The average Bonchev–Trinajstić information content (AvgIpc) is 2.61. The van der Waals surface area contributed by atoms with Crippen LogP contribution >= 0.6 is 0 Å². The van der Waals surface area contributed by atoms with Gasteiger partial charge in [0.15, 0.2) is 0 Å². The normalized spacial score (nSPS) is 25.2. The molecule has 1 fully saturated rings. The molecule has 2 rings (SSSR count). The maximum atomic E-state index is 6.20. The van der Waals surface area contributed by atoms with Crippen molar-refractivity contribution >= 4 is 0 Å². The second kappa shape index (κ2) is 5.37. The Balaban J connectivity index is 1.83. The Morgan fingerprint density at radius 3 is 2.83 bits per heavy atom. The van der Waals surface area contributed by atoms with E-state index in [1.165, 1.54) is 19.4 Å². The lowest BCUT2D eigenvalue weighted by Gasteiger charge is -2.26. The van der Waals surface area contributed by atoms with Crippen molar-refractivity contribution in [1.29, 1.82) is 0 Å². The smallest absolute Gasteiger partial charge is 0.0570 e. The highest BCUT2D eigenvalue weighted by Gasteiger charge is 2.35. The molecule has 1 aromatic heterocycles. The highest BCUT2D eigenvalue weighted by Crippen LogP contribution is 2.34. The van der Waals surface area contributed by atoms with Crippen LogP contribution in [0, 0.1) is 5.92 Å². The maximum absolute atomic E-state index is 6.20. The van der Waals surface area contributed by atoms with Gasteiger partial charge in [-0.1, -0.05) is 6.07 Å². The predicted octanol–water partition coefficient (Wildman–Crippen LogP) is 2.59. The molecule has 0 amide bonds. The molecule has 3 nitrogen and oxygen atoms in total. The van der Waals surface area contributed by atoms with Gasteiger partial charge in [0.2, 0.25) is 0 Å². The maximum Gasteiger partial charge on any atom is 0.0570 e. The van der Waals surface area contributed by atoms with Crippen LogP contribution < -0.4 is 5.73 Å². The van der Waals surface area contributed by atoms with Crippen molar-refractivity contribution in [2.24, 2.45) is 11.7 Å². The van der Waals surface area contributed by atoms with Gasteiger partial charge in [-0.2, -0.15) is 0 Å². The van der Waals surface area contributed by atoms with Gasteiger partial charge in [-0.05, 0) is 58.2 Å². The summed E-state index contributed by atoms with van der Waals surface area (Å²) in [5.41, 5.74) is 7.56. The second-order valence-electron chi connectivity index (χ2n) is 6.20. The van der Waals surface area contributed by atoms with Crippen LogP contribution in [0.1, 0.15) is 44.8 Å². The molecule has 0 aromatic carbocycles. The van der Waals surface area contributed by atoms with Gasteiger partial charge in [-0.15, -0.1) is 0 Å². The minimum absolute atomic E-state index is 0.0835. The summed E-state index contributed by atoms with van der Waals surface area (Å²) in [7, 11) is 2.22. The van der Waals surface area contributed by atoms with E-state index in [0.29, 0.717) is 5.54 Å². The largest absolute Gasteiger partial charge is 0.323 e. The van der Waals surface area contributed by atoms with Gasteiger partial charge in [0.1, 0.15) is 0 Å². The lowest BCUT2D eigenvalue weighted by Crippen LogP contribution is -2.34. The van der Waals surface area contributed by atoms with Crippen molar-refractivity contribution in [2.75, 3.05) is 13.6 Å². The SMILES string of the molecule is CN1CC(CCC(N)c2ccccn2)CC1(C)C. The summed E-state index contributed by atoms with van der Waals surface area (Å²) in [5, 5.41) is 0. The van der Waals surface area contributed by atoms with Gasteiger partial charge in [0.05, 0.1) is 5.69 Å². The first-order chi connectivity index (χ1) is 8.49. The number of aromatic nitrogens is 1. The third-order valence-corrected chi connectivity index (χ3v) is 4.31. The molecule has 1 aromatic rings. The van der Waals surface area contributed by atoms with Crippen molar-refractivity contribution < 1.29 is 0 Å². The monoisotopic (exact) mass is 247 g/mol. The second-order valence-corrected chi connectivity index (χ2v) is 6.20. The summed E-state index contributed by atoms with van der Waals surface area (Å²) in [6, 6.07) is 6.05. The fourth-order valence-corrected chi connectivity index (χ4v) is 2.91. The van der Waals surface area contributed by atoms with Crippen molar-refractivity contribution in [2.45, 2.75) is 44.7 Å². The number of hydrogen-bond donors (Lipinski definition) is 1. The van der Waals surface area contributed by atoms with Crippen LogP contribution in [0.3, 0.4) is 0 Å². The number of rotatable bonds is 4. The predicted molar refractivity (Wildman–Crippen MR) is 75.2 cm³/mol. The molecule has 2 unspecified atom stereocenters. The summed E-state index contributed by atoms with van der Waals surface area (Å²) < 4.78 is 0. The van der Waals surface area contributed by atoms with E-state index in [4.69, 9.17) is 5.73 Å². The van der Waals surface area contributed by atoms with Gasteiger partial charge in [0.25, 0.3) is 0 Å². The molecule has 2 N–H and O–H groups in total. The van der Waals surface area contributed by atoms with Gasteiger partial charge in [0, 0.05) is 24.3 Å². The summed E-state index contributed by atoms with van der Waals surface area (Å²) in [4.78, 5) is 6.79. The summed E-state index contributed by atoms with van der Waals surface area (Å²) in [5.74, 6) is 0.778. The van der Waals surface area contributed by atoms with Gasteiger partial charge >= 0.3 is 0 Å². The third kappa shape index (κ3) is 3.09. The average molecular weight is 247 g/mol. The highest BCUT2D eigenvalue weighted by molar-refractivity contribution is 5.07. The number of pyridine rings is 1. The Labute approximate surface area is 110 Å². The van der Waals surface area contributed by atoms with E-state index in [0.717, 1.165) is 18.0 Å². The van der Waals surface area contributed by atoms with E-state index in [1.54, 1.807) is 0 Å². The first kappa shape index (κ1) is 13.5. The van der Waals surface area contributed by atoms with Crippen molar-refractivity contribution in [1.82, 2.24) is 9.88 Å². The van der Waals surface area contributed by atoms with Crippen molar-refractivity contribution in [3.8, 4) is 0 Å². The molecular formula is C15H25N3. The molecule has 0 radical (unpaired) electrons. The Morgan fingerprint density at radius 1 is 1.50 bits per heavy atom. The van der Waals surface area contributed by atoms with Gasteiger partial charge in [-0.3, -0.25) is 4.98 Å². The number of hydrogen-bond acceptors (Lipinski definition) is 3. The Bertz CT molecular complexity index is 375. The number of nitrogens with two attached hydrogens (primary N) is 1. The minimum atomic E-state index is 0.0835. The fourth-order valence-electron chi connectivity index (χ4n) is 2.91. The first-order valence-corrected chi connectivity index (χ1v) is 6.87. The summed E-state index contributed by atoms with van der Waals surface area (Å²) in [6.07, 6.45) is 5.33. The van der Waals surface area contributed by atoms with E-state index in [1.807, 2.05) is 24.4 Å². The topological polar surface area (TPSA) is 42.1 Å². The lowest BCUT2D eigenvalue weighted by molar-refractivity contribution is 0.218. The lowest BCUT2D eigenvalue weighted by atomic mass is 9.92. The Hall–Kier alpha value is -0.930. The summed E-state index contributed by atoms with van der Waals surface area (Å²) in [6.45, 7) is 5.85. The molecule has 0 bridgehead atoms. The van der Waals surface area contributed by atoms with E-state index in [9.17, 15) is 0 Å². The first-order valence-electron chi connectivity index (χ1n) is 6.87. The van der Waals surface area contributed by atoms with Crippen LogP contribution in [0.2, 0.25) is 0 Å². The zero-order valence-electron chi connectivity index (χ0n) is 11.8. The molecule has 2 atom stereocenters. The van der Waals surface area contributed by atoms with Gasteiger partial charge < -0.3 is 10.6 Å². The molecular weight excluding hydrogens is 222 g/mol. The molecule has 0 spiro atoms. The zero-order valence-corrected chi connectivity index (χ0v) is 11.8. The molecule has 3 heteroatoms. The van der Waals surface area contributed by atoms with Crippen LogP contribution in [0.15, 0.2) is 24.4 Å². The molecule has 1 aliphatic rings. The Kier molecular flexibility index (Phi) is 4.03. The van der Waals surface area contributed by atoms with Crippen LogP contribution in [-0.4, -0.2) is 29.0 Å². The van der Waals surface area contributed by atoms with Crippen LogP contribution in [-0.2, 0) is 0 Å². The molecule has 1 saturated heterocycles. The summed E-state index contributed by atoms with van der Waals surface area (Å²) >= 11 is 0. The fraction of sp³-hybridized carbons (Fsp3) is 0.667. The minimum Gasteiger partial charge on any atom is -0.323 e. The molecule has 0 aliphatic carbocycles. The molecule has 18 heavy (non-hydrogen) atoms. The quantitative estimate of drug-likeness (QED) is 0.889. The number of nitrogens with zero attached hydrogens (tertiary/aromatic N) is 2. The standard InChI is InChI=1S/C15H25N3/c1-15(2)10-12(11-18(15)3)7-8-13(16)14-6-4-5-9-17-14/h4-6,9,12-13H,7-8,10-11,16H2,1-3H3. The number of likely N-dealkylation sites (tertiary alicyclic amines) is 1. The molecule has 2 heterocycles. The van der Waals surface area contributed by atoms with Crippen molar-refractivity contribution in [3.05, 3.63) is 30.1 Å². The third-order valence-electron chi connectivity index (χ3n) is 4.31. The van der Waals surface area contributed by atoms with Crippen LogP contribution in [0.25, 0.3) is 0 Å². The van der Waals surface area contributed by atoms with E-state index < -0.39 is 0 Å². The zero-order chi connectivity index (χ0) is 13.2. The molecule has 100 valence electrons. The van der Waals surface area contributed by atoms with E-state index >= 15 is 0 Å². The van der Waals surface area contributed by atoms with Crippen molar-refractivity contribution in [3.63, 3.8) is 0 Å². The molecule has 0 saturated carbocycles. The van der Waals surface area contributed by atoms with Gasteiger partial charge in [-0.25, -0.2) is 0 Å². The van der Waals surface area contributed by atoms with Crippen LogP contribution in [0.4, 0.5) is 0 Å². The Morgan fingerprint density at radius 2 is 2.28 bits per heavy atom. The van der Waals surface area contributed by atoms with E-state index in [2.05, 4.69) is 30.8 Å². The van der Waals surface area contributed by atoms with E-state index in [-0.39, 0.29) is 6.04 Å². The highest BCUT2D eigenvalue weighted by atomic mass is 15.2. The molecule has 1 aliphatic heterocycles.